The summed E-state index contributed by atoms with van der Waals surface area (Å²) in [5.74, 6) is -0.709. The second-order valence-corrected chi connectivity index (χ2v) is 5.45. The van der Waals surface area contributed by atoms with Gasteiger partial charge in [-0.25, -0.2) is 4.39 Å². The fourth-order valence-corrected chi connectivity index (χ4v) is 2.75. The number of furan rings is 1. The molecule has 1 aromatic heterocycles. The molecule has 1 amide bonds. The van der Waals surface area contributed by atoms with Crippen LogP contribution in [0.2, 0.25) is 0 Å². The minimum Gasteiger partial charge on any atom is -0.451 e. The van der Waals surface area contributed by atoms with Gasteiger partial charge in [0.05, 0.1) is 5.69 Å². The summed E-state index contributed by atoms with van der Waals surface area (Å²) >= 11 is 0. The number of carbonyl (C=O) groups is 1. The molecule has 0 aliphatic carbocycles. The van der Waals surface area contributed by atoms with E-state index in [2.05, 4.69) is 5.32 Å². The molecule has 2 aromatic carbocycles. The number of hydrogen-bond donors (Lipinski definition) is 1. The molecule has 0 bridgehead atoms. The highest BCUT2D eigenvalue weighted by atomic mass is 19.1. The molecule has 3 rings (SSSR count). The highest BCUT2D eigenvalue weighted by molar-refractivity contribution is 6.07. The molecule has 0 saturated carbocycles. The van der Waals surface area contributed by atoms with Gasteiger partial charge in [-0.15, -0.1) is 0 Å². The van der Waals surface area contributed by atoms with Crippen molar-refractivity contribution in [2.24, 2.45) is 0 Å². The largest absolute Gasteiger partial charge is 0.451 e. The maximum absolute atomic E-state index is 13.6. The summed E-state index contributed by atoms with van der Waals surface area (Å²) in [6.07, 6.45) is 0. The van der Waals surface area contributed by atoms with Crippen LogP contribution < -0.4 is 5.32 Å². The highest BCUT2D eigenvalue weighted by Crippen LogP contribution is 2.30. The van der Waals surface area contributed by atoms with Crippen LogP contribution in [0.1, 0.15) is 27.2 Å². The van der Waals surface area contributed by atoms with Crippen molar-refractivity contribution >= 4 is 22.6 Å². The number of halogens is 1. The number of rotatable bonds is 2. The summed E-state index contributed by atoms with van der Waals surface area (Å²) in [7, 11) is 0. The summed E-state index contributed by atoms with van der Waals surface area (Å²) in [4.78, 5) is 12.4. The molecule has 3 nitrogen and oxygen atoms in total. The number of aryl methyl sites for hydroxylation is 3. The zero-order valence-corrected chi connectivity index (χ0v) is 12.7. The Labute approximate surface area is 127 Å². The summed E-state index contributed by atoms with van der Waals surface area (Å²) < 4.78 is 19.3. The lowest BCUT2D eigenvalue weighted by Crippen LogP contribution is -2.13. The standard InChI is InChI=1S/C18H16FNO2/c1-10-8-11(2)16-12(3)17(22-15(16)9-10)18(21)20-14-7-5-4-6-13(14)19/h4-9H,1-3H3,(H,20,21). The number of anilines is 1. The molecule has 0 fully saturated rings. The van der Waals surface area contributed by atoms with Crippen molar-refractivity contribution < 1.29 is 13.6 Å². The van der Waals surface area contributed by atoms with Crippen LogP contribution >= 0.6 is 0 Å². The van der Waals surface area contributed by atoms with Crippen LogP contribution in [0.25, 0.3) is 11.0 Å². The number of carbonyl (C=O) groups excluding carboxylic acids is 1. The molecular formula is C18H16FNO2. The third-order valence-corrected chi connectivity index (χ3v) is 3.70. The number of fused-ring (bicyclic) bond motifs is 1. The summed E-state index contributed by atoms with van der Waals surface area (Å²) in [6, 6.07) is 10.00. The van der Waals surface area contributed by atoms with Crippen LogP contribution in [-0.2, 0) is 0 Å². The SMILES string of the molecule is Cc1cc(C)c2c(C)c(C(=O)Nc3ccccc3F)oc2c1. The van der Waals surface area contributed by atoms with Crippen LogP contribution in [0.3, 0.4) is 0 Å². The van der Waals surface area contributed by atoms with E-state index in [0.29, 0.717) is 5.58 Å². The van der Waals surface area contributed by atoms with Gasteiger partial charge in [0.25, 0.3) is 5.91 Å². The molecule has 1 N–H and O–H groups in total. The maximum atomic E-state index is 13.6. The van der Waals surface area contributed by atoms with E-state index in [1.807, 2.05) is 32.9 Å². The Bertz CT molecular complexity index is 880. The minimum atomic E-state index is -0.475. The smallest absolute Gasteiger partial charge is 0.291 e. The first kappa shape index (κ1) is 14.3. The molecule has 0 aliphatic rings. The Morgan fingerprint density at radius 3 is 2.59 bits per heavy atom. The average Bonchev–Trinajstić information content (AvgIpc) is 2.78. The van der Waals surface area contributed by atoms with Gasteiger partial charge in [-0.05, 0) is 50.1 Å². The van der Waals surface area contributed by atoms with Gasteiger partial charge in [-0.3, -0.25) is 4.79 Å². The lowest BCUT2D eigenvalue weighted by Gasteiger charge is -2.04. The molecule has 4 heteroatoms. The third kappa shape index (κ3) is 2.37. The number of hydrogen-bond acceptors (Lipinski definition) is 2. The Morgan fingerprint density at radius 2 is 1.86 bits per heavy atom. The first-order valence-corrected chi connectivity index (χ1v) is 7.03. The fraction of sp³-hybridized carbons (Fsp3) is 0.167. The highest BCUT2D eigenvalue weighted by Gasteiger charge is 2.20. The van der Waals surface area contributed by atoms with Gasteiger partial charge in [0.1, 0.15) is 11.4 Å². The molecule has 0 saturated heterocycles. The Hall–Kier alpha value is -2.62. The van der Waals surface area contributed by atoms with Gasteiger partial charge in [0.2, 0.25) is 0 Å². The van der Waals surface area contributed by atoms with Gasteiger partial charge in [-0.1, -0.05) is 18.2 Å². The topological polar surface area (TPSA) is 42.2 Å². The van der Waals surface area contributed by atoms with Crippen LogP contribution in [0.4, 0.5) is 10.1 Å². The van der Waals surface area contributed by atoms with Gasteiger partial charge in [-0.2, -0.15) is 0 Å². The second kappa shape index (κ2) is 5.30. The predicted octanol–water partition coefficient (Wildman–Crippen LogP) is 4.75. The van der Waals surface area contributed by atoms with Crippen molar-refractivity contribution in [1.82, 2.24) is 0 Å². The molecule has 3 aromatic rings. The lowest BCUT2D eigenvalue weighted by molar-refractivity contribution is 0.0997. The van der Waals surface area contributed by atoms with E-state index < -0.39 is 11.7 Å². The number of nitrogens with one attached hydrogen (secondary N) is 1. The molecule has 0 spiro atoms. The molecule has 0 unspecified atom stereocenters. The first-order chi connectivity index (χ1) is 10.5. The van der Waals surface area contributed by atoms with E-state index in [1.165, 1.54) is 12.1 Å². The quantitative estimate of drug-likeness (QED) is 0.741. The van der Waals surface area contributed by atoms with Gasteiger partial charge in [0, 0.05) is 10.9 Å². The maximum Gasteiger partial charge on any atom is 0.291 e. The molecule has 112 valence electrons. The van der Waals surface area contributed by atoms with E-state index in [0.717, 1.165) is 22.1 Å². The first-order valence-electron chi connectivity index (χ1n) is 7.03. The van der Waals surface area contributed by atoms with Crippen LogP contribution in [0.5, 0.6) is 0 Å². The van der Waals surface area contributed by atoms with Crippen LogP contribution in [-0.4, -0.2) is 5.91 Å². The molecule has 0 atom stereocenters. The molecule has 1 heterocycles. The lowest BCUT2D eigenvalue weighted by atomic mass is 10.0. The van der Waals surface area contributed by atoms with E-state index in [4.69, 9.17) is 4.42 Å². The summed E-state index contributed by atoms with van der Waals surface area (Å²) in [5, 5.41) is 3.49. The van der Waals surface area contributed by atoms with E-state index in [9.17, 15) is 9.18 Å². The van der Waals surface area contributed by atoms with E-state index in [1.54, 1.807) is 12.1 Å². The number of amides is 1. The third-order valence-electron chi connectivity index (χ3n) is 3.70. The monoisotopic (exact) mass is 297 g/mol. The van der Waals surface area contributed by atoms with Crippen molar-refractivity contribution in [3.63, 3.8) is 0 Å². The zero-order chi connectivity index (χ0) is 15.9. The molecule has 22 heavy (non-hydrogen) atoms. The van der Waals surface area contributed by atoms with E-state index in [-0.39, 0.29) is 11.4 Å². The van der Waals surface area contributed by atoms with Gasteiger partial charge < -0.3 is 9.73 Å². The van der Waals surface area contributed by atoms with Gasteiger partial charge >= 0.3 is 0 Å². The van der Waals surface area contributed by atoms with Gasteiger partial charge in [0.15, 0.2) is 5.76 Å². The average molecular weight is 297 g/mol. The minimum absolute atomic E-state index is 0.139. The summed E-state index contributed by atoms with van der Waals surface area (Å²) in [6.45, 7) is 5.80. The Balaban J connectivity index is 2.03. The number of para-hydroxylation sites is 1. The van der Waals surface area contributed by atoms with Crippen molar-refractivity contribution in [1.29, 1.82) is 0 Å². The van der Waals surface area contributed by atoms with Crippen LogP contribution in [0, 0.1) is 26.6 Å². The summed E-state index contributed by atoms with van der Waals surface area (Å²) in [5.41, 5.74) is 3.70. The zero-order valence-electron chi connectivity index (χ0n) is 12.7. The van der Waals surface area contributed by atoms with Crippen molar-refractivity contribution in [2.75, 3.05) is 5.32 Å². The van der Waals surface area contributed by atoms with Crippen molar-refractivity contribution in [3.05, 3.63) is 64.7 Å². The normalized spacial score (nSPS) is 10.9. The number of benzene rings is 2. The Kier molecular flexibility index (Phi) is 3.45. The molecule has 0 aliphatic heterocycles. The second-order valence-electron chi connectivity index (χ2n) is 5.45. The van der Waals surface area contributed by atoms with Crippen molar-refractivity contribution in [2.45, 2.75) is 20.8 Å². The van der Waals surface area contributed by atoms with Crippen molar-refractivity contribution in [3.8, 4) is 0 Å². The molecular weight excluding hydrogens is 281 g/mol. The predicted molar refractivity (Wildman–Crippen MR) is 84.8 cm³/mol. The van der Waals surface area contributed by atoms with E-state index >= 15 is 0 Å². The Morgan fingerprint density at radius 1 is 1.14 bits per heavy atom. The fourth-order valence-electron chi connectivity index (χ4n) is 2.75. The van der Waals surface area contributed by atoms with Crippen LogP contribution in [0.15, 0.2) is 40.8 Å². The molecule has 0 radical (unpaired) electrons.